The molecule has 106 valence electrons. The first-order valence-corrected chi connectivity index (χ1v) is 7.50. The highest BCUT2D eigenvalue weighted by molar-refractivity contribution is 7.07. The van der Waals surface area contributed by atoms with Crippen molar-refractivity contribution >= 4 is 17.3 Å². The zero-order valence-corrected chi connectivity index (χ0v) is 12.2. The van der Waals surface area contributed by atoms with Crippen molar-refractivity contribution in [3.8, 4) is 0 Å². The Balaban J connectivity index is 1.93. The second-order valence-corrected chi connectivity index (χ2v) is 5.09. The van der Waals surface area contributed by atoms with Crippen molar-refractivity contribution in [3.63, 3.8) is 0 Å². The third-order valence-corrected chi connectivity index (χ3v) is 3.43. The number of hydrogen-bond acceptors (Lipinski definition) is 2. The first kappa shape index (κ1) is 14.5. The van der Waals surface area contributed by atoms with E-state index in [0.717, 1.165) is 18.1 Å². The average Bonchev–Trinajstić information content (AvgIpc) is 2.95. The van der Waals surface area contributed by atoms with Gasteiger partial charge in [-0.3, -0.25) is 0 Å². The van der Waals surface area contributed by atoms with Crippen LogP contribution in [0.15, 0.2) is 46.1 Å². The molecule has 0 aliphatic heterocycles. The molecular formula is C15H18FN3S. The third kappa shape index (κ3) is 4.66. The molecule has 1 aromatic heterocycles. The molecule has 0 unspecified atom stereocenters. The summed E-state index contributed by atoms with van der Waals surface area (Å²) in [7, 11) is 0. The first-order chi connectivity index (χ1) is 9.78. The standard InChI is InChI=1S/C15H18FN3S/c1-2-17-15(19-10-13-6-7-20-11-13)18-9-12-4-3-5-14(16)8-12/h3-8,11H,2,9-10H2,1H3,(H2,17,18,19). The van der Waals surface area contributed by atoms with Gasteiger partial charge in [-0.05, 0) is 47.0 Å². The molecule has 3 nitrogen and oxygen atoms in total. The number of aliphatic imine (C=N–C) groups is 1. The maximum Gasteiger partial charge on any atom is 0.191 e. The highest BCUT2D eigenvalue weighted by Gasteiger charge is 1.99. The number of guanidine groups is 1. The lowest BCUT2D eigenvalue weighted by molar-refractivity contribution is 0.624. The van der Waals surface area contributed by atoms with Gasteiger partial charge in [0.05, 0.1) is 6.54 Å². The van der Waals surface area contributed by atoms with Crippen molar-refractivity contribution in [3.05, 3.63) is 58.0 Å². The molecule has 0 saturated heterocycles. The smallest absolute Gasteiger partial charge is 0.191 e. The van der Waals surface area contributed by atoms with Crippen molar-refractivity contribution < 1.29 is 4.39 Å². The molecule has 2 N–H and O–H groups in total. The second kappa shape index (κ2) is 7.65. The van der Waals surface area contributed by atoms with Crippen molar-refractivity contribution in [2.45, 2.75) is 20.0 Å². The normalized spacial score (nSPS) is 11.4. The average molecular weight is 291 g/mol. The van der Waals surface area contributed by atoms with E-state index in [2.05, 4.69) is 27.1 Å². The Kier molecular flexibility index (Phi) is 5.55. The molecule has 2 rings (SSSR count). The van der Waals surface area contributed by atoms with Gasteiger partial charge in [-0.2, -0.15) is 11.3 Å². The molecular weight excluding hydrogens is 273 g/mol. The SMILES string of the molecule is CCNC(=NCc1ccsc1)NCc1cccc(F)c1. The van der Waals surface area contributed by atoms with Crippen LogP contribution in [-0.4, -0.2) is 12.5 Å². The Morgan fingerprint density at radius 2 is 2.15 bits per heavy atom. The van der Waals surface area contributed by atoms with Crippen LogP contribution in [0.3, 0.4) is 0 Å². The molecule has 0 aliphatic carbocycles. The monoisotopic (exact) mass is 291 g/mol. The molecule has 20 heavy (non-hydrogen) atoms. The lowest BCUT2D eigenvalue weighted by Gasteiger charge is -2.11. The lowest BCUT2D eigenvalue weighted by atomic mass is 10.2. The summed E-state index contributed by atoms with van der Waals surface area (Å²) in [5.41, 5.74) is 2.09. The van der Waals surface area contributed by atoms with Gasteiger partial charge in [-0.1, -0.05) is 12.1 Å². The number of benzene rings is 1. The first-order valence-electron chi connectivity index (χ1n) is 6.55. The van der Waals surface area contributed by atoms with Crippen LogP contribution in [0.4, 0.5) is 4.39 Å². The van der Waals surface area contributed by atoms with Crippen LogP contribution in [0.1, 0.15) is 18.1 Å². The van der Waals surface area contributed by atoms with E-state index in [4.69, 9.17) is 0 Å². The van der Waals surface area contributed by atoms with E-state index in [-0.39, 0.29) is 5.82 Å². The molecule has 0 bridgehead atoms. The topological polar surface area (TPSA) is 36.4 Å². The molecule has 0 aliphatic rings. The minimum absolute atomic E-state index is 0.218. The van der Waals surface area contributed by atoms with Gasteiger partial charge in [0, 0.05) is 13.1 Å². The van der Waals surface area contributed by atoms with Crippen molar-refractivity contribution in [2.24, 2.45) is 4.99 Å². The van der Waals surface area contributed by atoms with Crippen LogP contribution in [0.2, 0.25) is 0 Å². The van der Waals surface area contributed by atoms with Gasteiger partial charge in [0.15, 0.2) is 5.96 Å². The van der Waals surface area contributed by atoms with Gasteiger partial charge in [0.2, 0.25) is 0 Å². The quantitative estimate of drug-likeness (QED) is 0.656. The summed E-state index contributed by atoms with van der Waals surface area (Å²) in [6.45, 7) is 4.00. The van der Waals surface area contributed by atoms with Crippen LogP contribution >= 0.6 is 11.3 Å². The Morgan fingerprint density at radius 3 is 2.85 bits per heavy atom. The number of rotatable bonds is 5. The predicted molar refractivity (Wildman–Crippen MR) is 82.4 cm³/mol. The highest BCUT2D eigenvalue weighted by atomic mass is 32.1. The predicted octanol–water partition coefficient (Wildman–Crippen LogP) is 3.14. The van der Waals surface area contributed by atoms with E-state index in [1.807, 2.05) is 18.4 Å². The van der Waals surface area contributed by atoms with E-state index in [0.29, 0.717) is 13.1 Å². The lowest BCUT2D eigenvalue weighted by Crippen LogP contribution is -2.36. The van der Waals surface area contributed by atoms with Gasteiger partial charge < -0.3 is 10.6 Å². The summed E-state index contributed by atoms with van der Waals surface area (Å²) in [6.07, 6.45) is 0. The van der Waals surface area contributed by atoms with Crippen LogP contribution < -0.4 is 10.6 Å². The Labute approximate surface area is 122 Å². The molecule has 1 aromatic carbocycles. The molecule has 5 heteroatoms. The third-order valence-electron chi connectivity index (χ3n) is 2.69. The van der Waals surface area contributed by atoms with E-state index in [9.17, 15) is 4.39 Å². The largest absolute Gasteiger partial charge is 0.357 e. The zero-order chi connectivity index (χ0) is 14.2. The molecule has 0 atom stereocenters. The van der Waals surface area contributed by atoms with Crippen molar-refractivity contribution in [1.29, 1.82) is 0 Å². The van der Waals surface area contributed by atoms with Gasteiger partial charge in [0.1, 0.15) is 5.82 Å². The second-order valence-electron chi connectivity index (χ2n) is 4.31. The number of halogens is 1. The molecule has 0 radical (unpaired) electrons. The van der Waals surface area contributed by atoms with E-state index in [1.54, 1.807) is 17.4 Å². The van der Waals surface area contributed by atoms with Crippen LogP contribution in [-0.2, 0) is 13.1 Å². The summed E-state index contributed by atoms with van der Waals surface area (Å²) in [4.78, 5) is 4.50. The maximum atomic E-state index is 13.1. The van der Waals surface area contributed by atoms with Crippen molar-refractivity contribution in [1.82, 2.24) is 10.6 Å². The minimum atomic E-state index is -0.218. The number of nitrogens with zero attached hydrogens (tertiary/aromatic N) is 1. The van der Waals surface area contributed by atoms with E-state index < -0.39 is 0 Å². The number of thiophene rings is 1. The van der Waals surface area contributed by atoms with E-state index in [1.165, 1.54) is 17.7 Å². The summed E-state index contributed by atoms with van der Waals surface area (Å²) in [5, 5.41) is 10.5. The van der Waals surface area contributed by atoms with Gasteiger partial charge >= 0.3 is 0 Å². The van der Waals surface area contributed by atoms with Crippen molar-refractivity contribution in [2.75, 3.05) is 6.54 Å². The summed E-state index contributed by atoms with van der Waals surface area (Å²) >= 11 is 1.66. The van der Waals surface area contributed by atoms with E-state index >= 15 is 0 Å². The summed E-state index contributed by atoms with van der Waals surface area (Å²) in [5.74, 6) is 0.521. The van der Waals surface area contributed by atoms with Crippen LogP contribution in [0.25, 0.3) is 0 Å². The highest BCUT2D eigenvalue weighted by Crippen LogP contribution is 2.07. The van der Waals surface area contributed by atoms with Gasteiger partial charge in [0.25, 0.3) is 0 Å². The Hall–Kier alpha value is -1.88. The Morgan fingerprint density at radius 1 is 1.25 bits per heavy atom. The molecule has 0 saturated carbocycles. The Bertz CT molecular complexity index is 552. The summed E-state index contributed by atoms with van der Waals surface area (Å²) in [6, 6.07) is 8.62. The molecule has 0 spiro atoms. The number of nitrogens with one attached hydrogen (secondary N) is 2. The zero-order valence-electron chi connectivity index (χ0n) is 11.4. The van der Waals surface area contributed by atoms with Gasteiger partial charge in [-0.15, -0.1) is 0 Å². The van der Waals surface area contributed by atoms with Crippen LogP contribution in [0, 0.1) is 5.82 Å². The fraction of sp³-hybridized carbons (Fsp3) is 0.267. The fourth-order valence-corrected chi connectivity index (χ4v) is 2.39. The molecule has 1 heterocycles. The molecule has 0 amide bonds. The maximum absolute atomic E-state index is 13.1. The van der Waals surface area contributed by atoms with Gasteiger partial charge in [-0.25, -0.2) is 9.38 Å². The fourth-order valence-electron chi connectivity index (χ4n) is 1.73. The minimum Gasteiger partial charge on any atom is -0.357 e. The summed E-state index contributed by atoms with van der Waals surface area (Å²) < 4.78 is 13.1. The molecule has 2 aromatic rings. The molecule has 0 fully saturated rings. The number of hydrogen-bond donors (Lipinski definition) is 2. The van der Waals surface area contributed by atoms with Crippen LogP contribution in [0.5, 0.6) is 0 Å².